The highest BCUT2D eigenvalue weighted by Crippen LogP contribution is 2.67. The summed E-state index contributed by atoms with van der Waals surface area (Å²) in [5.41, 5.74) is -0.472. The van der Waals surface area contributed by atoms with Gasteiger partial charge in [0.1, 0.15) is 5.60 Å². The molecule has 2 fully saturated rings. The van der Waals surface area contributed by atoms with Crippen LogP contribution in [0.1, 0.15) is 59.8 Å². The zero-order valence-corrected chi connectivity index (χ0v) is 18.2. The van der Waals surface area contributed by atoms with Gasteiger partial charge in [-0.15, -0.1) is 0 Å². The van der Waals surface area contributed by atoms with Crippen LogP contribution in [0.25, 0.3) is 0 Å². The topological polar surface area (TPSA) is 101 Å². The van der Waals surface area contributed by atoms with Gasteiger partial charge < -0.3 is 14.9 Å². The molecular formula is C24H32O6. The molecule has 0 spiro atoms. The van der Waals surface area contributed by atoms with Crippen molar-refractivity contribution in [2.45, 2.75) is 71.5 Å². The van der Waals surface area contributed by atoms with Crippen molar-refractivity contribution in [2.24, 2.45) is 28.6 Å². The second-order valence-corrected chi connectivity index (χ2v) is 10.3. The number of fused-ring (bicyclic) bond motifs is 5. The molecule has 6 heteroatoms. The molecule has 2 saturated carbocycles. The summed E-state index contributed by atoms with van der Waals surface area (Å²) < 4.78 is 4.89. The third kappa shape index (κ3) is 2.79. The lowest BCUT2D eigenvalue weighted by Gasteiger charge is -2.59. The predicted octanol–water partition coefficient (Wildman–Crippen LogP) is 2.52. The summed E-state index contributed by atoms with van der Waals surface area (Å²) in [6.07, 6.45) is 5.39. The second-order valence-electron chi connectivity index (χ2n) is 10.3. The Morgan fingerprint density at radius 1 is 1.30 bits per heavy atom. The van der Waals surface area contributed by atoms with Crippen LogP contribution in [0.15, 0.2) is 23.3 Å². The number of ether oxygens (including phenoxy) is 1. The van der Waals surface area contributed by atoms with Gasteiger partial charge in [0.15, 0.2) is 12.4 Å². The number of rotatable bonds is 3. The summed E-state index contributed by atoms with van der Waals surface area (Å²) in [6.45, 7) is 6.90. The maximum absolute atomic E-state index is 12.9. The van der Waals surface area contributed by atoms with E-state index in [9.17, 15) is 24.6 Å². The molecule has 0 radical (unpaired) electrons. The summed E-state index contributed by atoms with van der Waals surface area (Å²) in [7, 11) is 0. The number of allylic oxidation sites excluding steroid dienone is 4. The molecule has 0 aromatic rings. The molecule has 0 aliphatic heterocycles. The van der Waals surface area contributed by atoms with E-state index in [1.807, 2.05) is 13.0 Å². The lowest BCUT2D eigenvalue weighted by Crippen LogP contribution is -2.61. The van der Waals surface area contributed by atoms with Crippen molar-refractivity contribution in [1.29, 1.82) is 0 Å². The first-order valence-corrected chi connectivity index (χ1v) is 10.9. The van der Waals surface area contributed by atoms with Crippen LogP contribution in [0.5, 0.6) is 0 Å². The second kappa shape index (κ2) is 6.86. The van der Waals surface area contributed by atoms with Crippen LogP contribution in [0.2, 0.25) is 0 Å². The minimum atomic E-state index is -1.61. The molecule has 4 aliphatic rings. The maximum atomic E-state index is 12.9. The Kier molecular flexibility index (Phi) is 4.90. The monoisotopic (exact) mass is 416 g/mol. The molecule has 0 unspecified atom stereocenters. The summed E-state index contributed by atoms with van der Waals surface area (Å²) in [4.78, 5) is 36.2. The molecule has 0 heterocycles. The van der Waals surface area contributed by atoms with E-state index in [4.69, 9.17) is 4.74 Å². The fourth-order valence-corrected chi connectivity index (χ4v) is 7.43. The molecule has 0 aromatic carbocycles. The Balaban J connectivity index is 1.71. The molecule has 0 bridgehead atoms. The zero-order valence-electron chi connectivity index (χ0n) is 18.2. The average molecular weight is 417 g/mol. The Labute approximate surface area is 177 Å². The number of esters is 1. The number of hydrogen-bond acceptors (Lipinski definition) is 6. The van der Waals surface area contributed by atoms with E-state index in [0.29, 0.717) is 25.7 Å². The number of carbonyl (C=O) groups is 3. The van der Waals surface area contributed by atoms with Gasteiger partial charge in [0.05, 0.1) is 6.10 Å². The largest absolute Gasteiger partial charge is 0.458 e. The summed E-state index contributed by atoms with van der Waals surface area (Å²) in [5.74, 6) is -0.808. The number of hydrogen-bond donors (Lipinski definition) is 2. The SMILES string of the molecule is CC(=O)OCC(=O)[C@@]1(O)CC[C@H]2[C@@H]3CC(C)=C4CC(=O)C=C[C@]4(C)[C@H]3[C@@H](O)C[C@@]21C. The Morgan fingerprint density at radius 3 is 2.67 bits per heavy atom. The van der Waals surface area contributed by atoms with Crippen LogP contribution in [0.4, 0.5) is 0 Å². The fraction of sp³-hybridized carbons (Fsp3) is 0.708. The van der Waals surface area contributed by atoms with Gasteiger partial charge in [-0.2, -0.15) is 0 Å². The van der Waals surface area contributed by atoms with Gasteiger partial charge in [0, 0.05) is 30.1 Å². The smallest absolute Gasteiger partial charge is 0.303 e. The van der Waals surface area contributed by atoms with E-state index in [1.165, 1.54) is 12.5 Å². The highest BCUT2D eigenvalue weighted by atomic mass is 16.5. The molecule has 6 nitrogen and oxygen atoms in total. The first-order chi connectivity index (χ1) is 13.9. The quantitative estimate of drug-likeness (QED) is 0.542. The van der Waals surface area contributed by atoms with Gasteiger partial charge in [-0.05, 0) is 50.5 Å². The van der Waals surface area contributed by atoms with Crippen molar-refractivity contribution in [2.75, 3.05) is 6.61 Å². The van der Waals surface area contributed by atoms with Crippen molar-refractivity contribution in [1.82, 2.24) is 0 Å². The maximum Gasteiger partial charge on any atom is 0.303 e. The van der Waals surface area contributed by atoms with Gasteiger partial charge in [0.25, 0.3) is 0 Å². The molecular weight excluding hydrogens is 384 g/mol. The van der Waals surface area contributed by atoms with Crippen molar-refractivity contribution < 1.29 is 29.3 Å². The third-order valence-corrected chi connectivity index (χ3v) is 8.84. The van der Waals surface area contributed by atoms with Crippen LogP contribution < -0.4 is 0 Å². The van der Waals surface area contributed by atoms with E-state index >= 15 is 0 Å². The van der Waals surface area contributed by atoms with Crippen molar-refractivity contribution in [3.63, 3.8) is 0 Å². The van der Waals surface area contributed by atoms with Crippen LogP contribution in [0.3, 0.4) is 0 Å². The molecule has 164 valence electrons. The standard InChI is InChI=1S/C24H32O6/c1-13-9-16-17-6-8-24(29,20(28)12-30-14(2)25)23(17,4)11-19(27)21(16)22(3)7-5-15(26)10-18(13)22/h5,7,16-17,19,21,27,29H,6,8-12H2,1-4H3/t16-,17-,19-,21+,22-,23-,24-/m0/s1. The Hall–Kier alpha value is -1.79. The molecule has 7 atom stereocenters. The normalized spacial score (nSPS) is 44.9. The van der Waals surface area contributed by atoms with Crippen LogP contribution >= 0.6 is 0 Å². The van der Waals surface area contributed by atoms with Gasteiger partial charge in [-0.25, -0.2) is 0 Å². The number of carbonyl (C=O) groups excluding carboxylic acids is 3. The molecule has 0 amide bonds. The number of Topliss-reactive ketones (excluding diaryl/α,β-unsaturated/α-hetero) is 1. The van der Waals surface area contributed by atoms with E-state index in [-0.39, 0.29) is 29.0 Å². The summed E-state index contributed by atoms with van der Waals surface area (Å²) >= 11 is 0. The number of aliphatic hydroxyl groups is 2. The van der Waals surface area contributed by atoms with Crippen LogP contribution in [-0.4, -0.2) is 46.1 Å². The first kappa shape index (κ1) is 21.4. The molecule has 30 heavy (non-hydrogen) atoms. The fourth-order valence-electron chi connectivity index (χ4n) is 7.43. The lowest BCUT2D eigenvalue weighted by molar-refractivity contribution is -0.179. The van der Waals surface area contributed by atoms with Gasteiger partial charge >= 0.3 is 5.97 Å². The molecule has 2 N–H and O–H groups in total. The van der Waals surface area contributed by atoms with Gasteiger partial charge in [0.2, 0.25) is 5.78 Å². The predicted molar refractivity (Wildman–Crippen MR) is 109 cm³/mol. The number of aliphatic hydroxyl groups excluding tert-OH is 1. The van der Waals surface area contributed by atoms with Crippen molar-refractivity contribution in [3.05, 3.63) is 23.3 Å². The highest BCUT2D eigenvalue weighted by Gasteiger charge is 2.68. The molecule has 0 saturated heterocycles. The molecule has 4 rings (SSSR count). The van der Waals surface area contributed by atoms with E-state index in [1.54, 1.807) is 6.08 Å². The summed E-state index contributed by atoms with van der Waals surface area (Å²) in [5, 5.41) is 22.9. The van der Waals surface area contributed by atoms with Crippen LogP contribution in [-0.2, 0) is 19.1 Å². The van der Waals surface area contributed by atoms with Crippen molar-refractivity contribution in [3.8, 4) is 0 Å². The Bertz CT molecular complexity index is 871. The van der Waals surface area contributed by atoms with Crippen molar-refractivity contribution >= 4 is 17.5 Å². The first-order valence-electron chi connectivity index (χ1n) is 10.9. The zero-order chi connectivity index (χ0) is 22.1. The lowest BCUT2D eigenvalue weighted by atomic mass is 9.46. The van der Waals surface area contributed by atoms with E-state index in [0.717, 1.165) is 12.0 Å². The highest BCUT2D eigenvalue weighted by molar-refractivity contribution is 5.93. The van der Waals surface area contributed by atoms with Crippen LogP contribution in [0, 0.1) is 28.6 Å². The minimum Gasteiger partial charge on any atom is -0.458 e. The van der Waals surface area contributed by atoms with Gasteiger partial charge in [-0.3, -0.25) is 14.4 Å². The molecule has 4 aliphatic carbocycles. The number of ketones is 2. The molecule has 0 aromatic heterocycles. The summed E-state index contributed by atoms with van der Waals surface area (Å²) in [6, 6.07) is 0. The van der Waals surface area contributed by atoms with Gasteiger partial charge in [-0.1, -0.05) is 31.1 Å². The average Bonchev–Trinajstić information content (AvgIpc) is 2.93. The van der Waals surface area contributed by atoms with E-state index in [2.05, 4.69) is 13.8 Å². The minimum absolute atomic E-state index is 0.0513. The Morgan fingerprint density at radius 2 is 2.00 bits per heavy atom. The third-order valence-electron chi connectivity index (χ3n) is 8.84. The van der Waals surface area contributed by atoms with E-state index < -0.39 is 35.5 Å².